The van der Waals surface area contributed by atoms with Gasteiger partial charge in [-0.15, -0.1) is 0 Å². The van der Waals surface area contributed by atoms with Crippen molar-refractivity contribution in [3.8, 4) is 0 Å². The molecule has 12 heavy (non-hydrogen) atoms. The van der Waals surface area contributed by atoms with Crippen LogP contribution in [0.15, 0.2) is 24.3 Å². The number of amides is 1. The first-order chi connectivity index (χ1) is 5.72. The quantitative estimate of drug-likeness (QED) is 0.597. The highest BCUT2D eigenvalue weighted by molar-refractivity contribution is 6.32. The molecule has 0 spiro atoms. The van der Waals surface area contributed by atoms with E-state index in [-0.39, 0.29) is 0 Å². The summed E-state index contributed by atoms with van der Waals surface area (Å²) in [6, 6.07) is 7.50. The van der Waals surface area contributed by atoms with Gasteiger partial charge in [-0.05, 0) is 12.1 Å². The second-order valence-corrected chi connectivity index (χ2v) is 2.48. The van der Waals surface area contributed by atoms with Crippen molar-refractivity contribution in [2.75, 3.05) is 12.4 Å². The van der Waals surface area contributed by atoms with Gasteiger partial charge >= 0.3 is 6.09 Å². The summed E-state index contributed by atoms with van der Waals surface area (Å²) in [6.45, 7) is 0. The lowest BCUT2D eigenvalue weighted by Gasteiger charge is -2.02. The van der Waals surface area contributed by atoms with E-state index in [1.54, 1.807) is 0 Å². The summed E-state index contributed by atoms with van der Waals surface area (Å²) in [7, 11) is 3.32. The molecule has 0 aromatic heterocycles. The lowest BCUT2D eigenvalue weighted by molar-refractivity contribution is 0.187. The maximum absolute atomic E-state index is 10.7. The molecule has 0 aliphatic rings. The van der Waals surface area contributed by atoms with E-state index in [1.807, 2.05) is 32.1 Å². The first-order valence-corrected chi connectivity index (χ1v) is 3.64. The van der Waals surface area contributed by atoms with Crippen LogP contribution in [0.4, 0.5) is 10.5 Å². The lowest BCUT2D eigenvalue weighted by atomic mass is 9.96. The van der Waals surface area contributed by atoms with Crippen molar-refractivity contribution in [2.45, 2.75) is 0 Å². The third-order valence-electron chi connectivity index (χ3n) is 1.48. The number of anilines is 1. The monoisotopic (exact) mass is 163 g/mol. The number of hydrogen-bond donors (Lipinski definition) is 1. The predicted octanol–water partition coefficient (Wildman–Crippen LogP) is 0.123. The molecule has 62 valence electrons. The Balaban J connectivity index is 2.64. The van der Waals surface area contributed by atoms with Gasteiger partial charge in [0.1, 0.15) is 7.85 Å². The van der Waals surface area contributed by atoms with E-state index in [2.05, 4.69) is 10.1 Å². The minimum atomic E-state index is -0.446. The van der Waals surface area contributed by atoms with Crippen LogP contribution >= 0.6 is 0 Å². The summed E-state index contributed by atoms with van der Waals surface area (Å²) in [4.78, 5) is 10.7. The molecule has 0 aliphatic heterocycles. The lowest BCUT2D eigenvalue weighted by Crippen LogP contribution is -2.11. The molecule has 0 atom stereocenters. The fourth-order valence-corrected chi connectivity index (χ4v) is 0.806. The second-order valence-electron chi connectivity index (χ2n) is 2.48. The molecule has 0 fully saturated rings. The number of methoxy groups -OCH3 is 1. The summed E-state index contributed by atoms with van der Waals surface area (Å²) in [5, 5.41) is 2.56. The average molecular weight is 163 g/mol. The standard InChI is InChI=1S/C8H10BNO2/c1-12-8(11)10-7-4-2-6(9)3-5-7/h2-5H,9H2,1H3,(H,10,11). The van der Waals surface area contributed by atoms with Crippen LogP contribution in [0.25, 0.3) is 0 Å². The summed E-state index contributed by atoms with van der Waals surface area (Å²) in [5.74, 6) is 0. The Morgan fingerprint density at radius 2 is 2.00 bits per heavy atom. The highest BCUT2D eigenvalue weighted by atomic mass is 16.5. The van der Waals surface area contributed by atoms with Gasteiger partial charge in [0, 0.05) is 5.69 Å². The van der Waals surface area contributed by atoms with Crippen molar-refractivity contribution in [3.63, 3.8) is 0 Å². The Labute approximate surface area is 72.1 Å². The first kappa shape index (κ1) is 8.65. The molecule has 1 aromatic rings. The smallest absolute Gasteiger partial charge is 0.411 e. The van der Waals surface area contributed by atoms with Crippen LogP contribution < -0.4 is 10.8 Å². The molecule has 1 amide bonds. The van der Waals surface area contributed by atoms with Crippen LogP contribution in [-0.4, -0.2) is 21.0 Å². The molecular weight excluding hydrogens is 153 g/mol. The van der Waals surface area contributed by atoms with Gasteiger partial charge in [-0.2, -0.15) is 0 Å². The number of hydrogen-bond acceptors (Lipinski definition) is 2. The molecule has 0 unspecified atom stereocenters. The zero-order valence-corrected chi connectivity index (χ0v) is 7.13. The van der Waals surface area contributed by atoms with Crippen LogP contribution in [0, 0.1) is 0 Å². The molecule has 0 saturated carbocycles. The van der Waals surface area contributed by atoms with Gasteiger partial charge in [-0.1, -0.05) is 17.6 Å². The summed E-state index contributed by atoms with van der Waals surface area (Å²) >= 11 is 0. The number of carbonyl (C=O) groups is 1. The first-order valence-electron chi connectivity index (χ1n) is 3.64. The molecule has 4 heteroatoms. The highest BCUT2D eigenvalue weighted by Crippen LogP contribution is 2.03. The molecule has 0 radical (unpaired) electrons. The normalized spacial score (nSPS) is 9.08. The van der Waals surface area contributed by atoms with Crippen molar-refractivity contribution < 1.29 is 9.53 Å². The van der Waals surface area contributed by atoms with Gasteiger partial charge in [0.15, 0.2) is 0 Å². The largest absolute Gasteiger partial charge is 0.453 e. The van der Waals surface area contributed by atoms with E-state index in [4.69, 9.17) is 0 Å². The highest BCUT2D eigenvalue weighted by Gasteiger charge is 1.97. The molecular formula is C8H10BNO2. The van der Waals surface area contributed by atoms with Gasteiger partial charge in [-0.25, -0.2) is 4.79 Å². The number of rotatable bonds is 1. The second kappa shape index (κ2) is 3.81. The van der Waals surface area contributed by atoms with Crippen LogP contribution in [0.3, 0.4) is 0 Å². The van der Waals surface area contributed by atoms with Gasteiger partial charge in [0.25, 0.3) is 0 Å². The van der Waals surface area contributed by atoms with Crippen molar-refractivity contribution in [3.05, 3.63) is 24.3 Å². The van der Waals surface area contributed by atoms with E-state index in [0.29, 0.717) is 0 Å². The maximum Gasteiger partial charge on any atom is 0.411 e. The summed E-state index contributed by atoms with van der Waals surface area (Å²) in [6.07, 6.45) is -0.446. The molecule has 3 nitrogen and oxygen atoms in total. The van der Waals surface area contributed by atoms with Crippen LogP contribution in [0.2, 0.25) is 0 Å². The third-order valence-corrected chi connectivity index (χ3v) is 1.48. The van der Waals surface area contributed by atoms with E-state index < -0.39 is 6.09 Å². The number of benzene rings is 1. The number of carbonyl (C=O) groups excluding carboxylic acids is 1. The van der Waals surface area contributed by atoms with Crippen molar-refractivity contribution in [2.24, 2.45) is 0 Å². The zero-order chi connectivity index (χ0) is 8.97. The number of nitrogens with one attached hydrogen (secondary N) is 1. The van der Waals surface area contributed by atoms with Crippen molar-refractivity contribution in [1.82, 2.24) is 0 Å². The van der Waals surface area contributed by atoms with Gasteiger partial charge < -0.3 is 4.74 Å². The molecule has 0 aliphatic carbocycles. The summed E-state index contributed by atoms with van der Waals surface area (Å²) < 4.78 is 4.43. The molecule has 0 saturated heterocycles. The van der Waals surface area contributed by atoms with Crippen LogP contribution in [-0.2, 0) is 4.74 Å². The maximum atomic E-state index is 10.7. The average Bonchev–Trinajstić information content (AvgIpc) is 2.09. The van der Waals surface area contributed by atoms with Crippen molar-refractivity contribution >= 4 is 25.1 Å². The fraction of sp³-hybridized carbons (Fsp3) is 0.125. The van der Waals surface area contributed by atoms with Gasteiger partial charge in [0.05, 0.1) is 7.11 Å². The van der Waals surface area contributed by atoms with Crippen molar-refractivity contribution in [1.29, 1.82) is 0 Å². The van der Waals surface area contributed by atoms with E-state index in [1.165, 1.54) is 7.11 Å². The molecule has 1 aromatic carbocycles. The Hall–Kier alpha value is -1.45. The van der Waals surface area contributed by atoms with Gasteiger partial charge in [-0.3, -0.25) is 5.32 Å². The molecule has 0 bridgehead atoms. The summed E-state index contributed by atoms with van der Waals surface area (Å²) in [5.41, 5.74) is 1.90. The Morgan fingerprint density at radius 3 is 2.50 bits per heavy atom. The van der Waals surface area contributed by atoms with Gasteiger partial charge in [0.2, 0.25) is 0 Å². The van der Waals surface area contributed by atoms with E-state index in [0.717, 1.165) is 11.2 Å². The topological polar surface area (TPSA) is 38.3 Å². The minimum absolute atomic E-state index is 0.446. The Bertz CT molecular complexity index is 271. The number of ether oxygens (including phenoxy) is 1. The molecule has 1 rings (SSSR count). The third kappa shape index (κ3) is 2.30. The molecule has 0 heterocycles. The van der Waals surface area contributed by atoms with Crippen LogP contribution in [0.5, 0.6) is 0 Å². The Morgan fingerprint density at radius 1 is 1.42 bits per heavy atom. The van der Waals surface area contributed by atoms with Crippen LogP contribution in [0.1, 0.15) is 0 Å². The SMILES string of the molecule is Bc1ccc(NC(=O)OC)cc1. The Kier molecular flexibility index (Phi) is 2.74. The van der Waals surface area contributed by atoms with E-state index in [9.17, 15) is 4.79 Å². The minimum Gasteiger partial charge on any atom is -0.453 e. The molecule has 1 N–H and O–H groups in total. The van der Waals surface area contributed by atoms with E-state index >= 15 is 0 Å². The zero-order valence-electron chi connectivity index (χ0n) is 7.13. The predicted molar refractivity (Wildman–Crippen MR) is 50.6 cm³/mol. The fourth-order valence-electron chi connectivity index (χ4n) is 0.806.